The van der Waals surface area contributed by atoms with Crippen molar-refractivity contribution in [1.29, 1.82) is 0 Å². The van der Waals surface area contributed by atoms with E-state index < -0.39 is 83.5 Å². The van der Waals surface area contributed by atoms with Crippen molar-refractivity contribution in [2.45, 2.75) is 146 Å². The molecule has 1 saturated carbocycles. The minimum Gasteiger partial charge on any atom is -0.456 e. The maximum absolute atomic E-state index is 12.9. The Morgan fingerprint density at radius 1 is 0.621 bits per heavy atom. The van der Waals surface area contributed by atoms with Crippen molar-refractivity contribution in [1.82, 2.24) is 0 Å². The number of hydrogen-bond donors (Lipinski definition) is 7. The lowest BCUT2D eigenvalue weighted by atomic mass is 9.85. The summed E-state index contributed by atoms with van der Waals surface area (Å²) in [4.78, 5) is 53.5. The zero-order valence-electron chi connectivity index (χ0n) is 32.6. The topological polar surface area (TPSA) is 256 Å². The Morgan fingerprint density at radius 2 is 1.07 bits per heavy atom. The zero-order chi connectivity index (χ0) is 42.5. The number of carbonyl (C=O) groups excluding carboxylic acids is 2. The van der Waals surface area contributed by atoms with E-state index in [2.05, 4.69) is 82.5 Å². The molecule has 0 heterocycles. The van der Waals surface area contributed by atoms with Crippen molar-refractivity contribution in [3.8, 4) is 71.0 Å². The predicted molar refractivity (Wildman–Crippen MR) is 239 cm³/mol. The largest absolute Gasteiger partial charge is 0.472 e. The molecule has 7 N–H and O–H groups in total. The Hall–Kier alpha value is -3.29. The summed E-state index contributed by atoms with van der Waals surface area (Å²) in [6.07, 6.45) is -1.05. The summed E-state index contributed by atoms with van der Waals surface area (Å²) in [5.41, 5.74) is 0. The van der Waals surface area contributed by atoms with Gasteiger partial charge in [-0.25, -0.2) is 13.9 Å². The molecule has 4 unspecified atom stereocenters. The first-order chi connectivity index (χ1) is 27.1. The minimum absolute atomic E-state index is 0. The van der Waals surface area contributed by atoms with Gasteiger partial charge in [-0.15, -0.1) is 0 Å². The molecule has 1 fully saturated rings. The second kappa shape index (κ2) is 31.6. The van der Waals surface area contributed by atoms with Crippen LogP contribution in [0.4, 0.5) is 0 Å². The summed E-state index contributed by atoms with van der Waals surface area (Å²) < 4.78 is 48.4. The molecule has 1 rings (SSSR count). The van der Waals surface area contributed by atoms with Crippen molar-refractivity contribution < 1.29 is 92.6 Å². The van der Waals surface area contributed by atoms with Crippen LogP contribution in [0, 0.1) is 71.0 Å². The first-order valence-corrected chi connectivity index (χ1v) is 21.5. The molecule has 19 heteroatoms. The lowest BCUT2D eigenvalue weighted by molar-refractivity contribution is -0.216. The molecule has 16 nitrogen and oxygen atoms in total. The minimum atomic E-state index is -5.39. The van der Waals surface area contributed by atoms with Crippen LogP contribution in [-0.2, 0) is 41.8 Å². The summed E-state index contributed by atoms with van der Waals surface area (Å²) in [6, 6.07) is 0. The maximum atomic E-state index is 12.9. The molecule has 58 heavy (non-hydrogen) atoms. The van der Waals surface area contributed by atoms with Crippen molar-refractivity contribution in [3.05, 3.63) is 0 Å². The van der Waals surface area contributed by atoms with Crippen LogP contribution < -0.4 is 0 Å². The van der Waals surface area contributed by atoms with E-state index in [9.17, 15) is 44.0 Å². The number of aliphatic hydroxyl groups is 4. The molecule has 0 radical (unpaired) electrons. The summed E-state index contributed by atoms with van der Waals surface area (Å²) in [5.74, 6) is 26.6. The summed E-state index contributed by atoms with van der Waals surface area (Å²) >= 11 is 0. The smallest absolute Gasteiger partial charge is 0.456 e. The average Bonchev–Trinajstić information content (AvgIpc) is 3.16. The molecule has 344 valence electrons. The van der Waals surface area contributed by atoms with Crippen molar-refractivity contribution >= 4 is 41.1 Å². The van der Waals surface area contributed by atoms with Gasteiger partial charge in [-0.05, 0) is 72.5 Å². The third kappa shape index (κ3) is 25.9. The number of aliphatic hydroxyl groups excluding tert-OH is 4. The number of phosphoric ester groups is 2. The van der Waals surface area contributed by atoms with E-state index in [0.29, 0.717) is 6.42 Å². The fourth-order valence-electron chi connectivity index (χ4n) is 5.20. The molecule has 0 aromatic carbocycles. The molecule has 8 atom stereocenters. The van der Waals surface area contributed by atoms with E-state index in [-0.39, 0.29) is 35.6 Å². The number of phosphoric acid groups is 2. The van der Waals surface area contributed by atoms with E-state index >= 15 is 0 Å². The number of unbranched alkanes of at least 4 members (excludes halogenated alkanes) is 12. The normalized spacial score (nSPS) is 20.8. The maximum Gasteiger partial charge on any atom is 0.472 e. The first-order valence-electron chi connectivity index (χ1n) is 18.5. The van der Waals surface area contributed by atoms with Crippen LogP contribution in [0.1, 0.15) is 119 Å². The van der Waals surface area contributed by atoms with Gasteiger partial charge in [-0.2, -0.15) is 13.5 Å². The highest BCUT2D eigenvalue weighted by Crippen LogP contribution is 2.49. The molecular formula is C39H76O16P2S. The second-order valence-corrected chi connectivity index (χ2v) is 15.3. The zero-order valence-corrected chi connectivity index (χ0v) is 35.3. The molecule has 0 aliphatic heterocycles. The number of rotatable bonds is 24. The highest BCUT2D eigenvalue weighted by Gasteiger charge is 2.54. The van der Waals surface area contributed by atoms with Gasteiger partial charge in [0.15, 0.2) is 6.10 Å². The van der Waals surface area contributed by atoms with Crippen LogP contribution >= 0.6 is 29.1 Å². The second-order valence-electron chi connectivity index (χ2n) is 12.7. The molecule has 0 aromatic rings. The SMILES string of the molecule is CC#CC#CC#CC#CC#CC#CC(=O)OC[C@H](COP(=O)(O)OC1C(O)[C@H](OP(=O)(O)O)[C@H](O)C(O)[C@@H]1O)OC(=O)CCCCCCCCCCCCCCC.S.[HH].[HH].[HH].[HH].[HH].[HH].[HH].[HH].[HH].[HH].[HH]. The Labute approximate surface area is 364 Å². The van der Waals surface area contributed by atoms with Gasteiger partial charge < -0.3 is 44.6 Å². The Morgan fingerprint density at radius 3 is 1.55 bits per heavy atom. The standard InChI is InChI=1S/C39H52O16P2.H2S.11H2/c1-3-5-7-9-11-13-15-16-18-20-22-24-26-28-33(41)53-31(29-51-32(40)27-25-23-21-19-17-14-12-10-8-6-4-2)30-52-57(49,50)55-39-36(44)34(42)35(43)38(37(39)45)54-56(46,47)48;;;;;;;;;;;;/h31,34-39,42-45H,3,5,7,9,11,13,15-16,18,20,22,24,26,28-30H2,1-2H3,(H,49,50)(H2,46,47,48);1H2;11*1H/t31-,34?,35-,36+,37?,38-,39?;;;;;;;;;;;;/m1............/s1. The highest BCUT2D eigenvalue weighted by atomic mass is 32.1. The Bertz CT molecular complexity index is 1790. The van der Waals surface area contributed by atoms with Crippen molar-refractivity contribution in [2.75, 3.05) is 13.2 Å². The quantitative estimate of drug-likeness (QED) is 0.0216. The number of hydrogen-bond acceptors (Lipinski definition) is 13. The molecule has 1 aliphatic rings. The fourth-order valence-corrected chi connectivity index (χ4v) is 6.74. The lowest BCUT2D eigenvalue weighted by Crippen LogP contribution is -2.64. The highest BCUT2D eigenvalue weighted by molar-refractivity contribution is 7.59. The molecule has 1 aliphatic carbocycles. The third-order valence-corrected chi connectivity index (χ3v) is 9.52. The van der Waals surface area contributed by atoms with Gasteiger partial charge in [0, 0.05) is 28.0 Å². The molecule has 0 amide bonds. The molecular weight excluding hydrogens is 818 g/mol. The monoisotopic (exact) mass is 894 g/mol. The summed E-state index contributed by atoms with van der Waals surface area (Å²) in [5, 5.41) is 40.9. The number of carbonyl (C=O) groups is 2. The number of ether oxygens (including phenoxy) is 2. The van der Waals surface area contributed by atoms with Gasteiger partial charge in [-0.1, -0.05) is 89.9 Å². The van der Waals surface area contributed by atoms with Crippen LogP contribution in [0.5, 0.6) is 0 Å². The Balaban J connectivity index is -0.000000271. The van der Waals surface area contributed by atoms with Crippen LogP contribution in [0.15, 0.2) is 0 Å². The average molecular weight is 895 g/mol. The first kappa shape index (κ1) is 54.7. The van der Waals surface area contributed by atoms with Crippen molar-refractivity contribution in [2.24, 2.45) is 0 Å². The van der Waals surface area contributed by atoms with Crippen LogP contribution in [0.25, 0.3) is 0 Å². The Kier molecular flexibility index (Phi) is 29.8. The van der Waals surface area contributed by atoms with Crippen LogP contribution in [-0.4, -0.2) is 103 Å². The van der Waals surface area contributed by atoms with Gasteiger partial charge in [-0.3, -0.25) is 18.4 Å². The van der Waals surface area contributed by atoms with Crippen LogP contribution in [0.3, 0.4) is 0 Å². The van der Waals surface area contributed by atoms with Gasteiger partial charge >= 0.3 is 27.6 Å². The van der Waals surface area contributed by atoms with Gasteiger partial charge in [0.2, 0.25) is 0 Å². The lowest BCUT2D eigenvalue weighted by Gasteiger charge is -2.43. The van der Waals surface area contributed by atoms with E-state index in [1.54, 1.807) is 6.92 Å². The van der Waals surface area contributed by atoms with Crippen LogP contribution in [0.2, 0.25) is 0 Å². The van der Waals surface area contributed by atoms with Gasteiger partial charge in [0.05, 0.1) is 6.61 Å². The van der Waals surface area contributed by atoms with E-state index in [4.69, 9.17) is 28.3 Å². The van der Waals surface area contributed by atoms with E-state index in [0.717, 1.165) is 32.1 Å². The van der Waals surface area contributed by atoms with E-state index in [1.165, 1.54) is 44.9 Å². The van der Waals surface area contributed by atoms with Gasteiger partial charge in [0.1, 0.15) is 43.2 Å². The van der Waals surface area contributed by atoms with Crippen molar-refractivity contribution in [3.63, 3.8) is 0 Å². The number of esters is 2. The predicted octanol–water partition coefficient (Wildman–Crippen LogP) is 5.22. The summed E-state index contributed by atoms with van der Waals surface area (Å²) in [7, 11) is -10.8. The third-order valence-electron chi connectivity index (χ3n) is 8.02. The molecule has 0 spiro atoms. The summed E-state index contributed by atoms with van der Waals surface area (Å²) in [6.45, 7) is 2.15. The molecule has 0 aromatic heterocycles. The molecule has 0 saturated heterocycles. The molecule has 0 bridgehead atoms. The van der Waals surface area contributed by atoms with Gasteiger partial charge in [0.25, 0.3) is 0 Å². The fraction of sp³-hybridized carbons (Fsp3) is 0.641. The van der Waals surface area contributed by atoms with E-state index in [1.807, 2.05) is 0 Å².